The van der Waals surface area contributed by atoms with Gasteiger partial charge in [0.25, 0.3) is 5.91 Å². The Kier molecular flexibility index (Phi) is 6.91. The Hall–Kier alpha value is -2.59. The van der Waals surface area contributed by atoms with Gasteiger partial charge < -0.3 is 24.6 Å². The third-order valence-electron chi connectivity index (χ3n) is 6.51. The molecule has 0 bridgehead atoms. The van der Waals surface area contributed by atoms with Crippen LogP contribution in [0.25, 0.3) is 0 Å². The molecule has 1 aromatic carbocycles. The van der Waals surface area contributed by atoms with E-state index in [0.717, 1.165) is 12.5 Å². The maximum atomic E-state index is 13.4. The van der Waals surface area contributed by atoms with Gasteiger partial charge >= 0.3 is 6.09 Å². The molecule has 1 aliphatic carbocycles. The Morgan fingerprint density at radius 3 is 2.82 bits per heavy atom. The van der Waals surface area contributed by atoms with E-state index in [1.54, 1.807) is 6.07 Å². The number of carbonyl (C=O) groups is 2. The summed E-state index contributed by atoms with van der Waals surface area (Å²) in [6.45, 7) is 7.65. The molecule has 2 fully saturated rings. The molecule has 3 aliphatic rings. The standard InChI is InChI=1S/C24H30BFN2O6/c1-13-4-5-19-17(8-13)18(29)11-20(32-19)22(30)27-7-6-14(2)28-12-21(33-23(28)31)15-9-16(10-15)34-24(3,25)26/h4-5,8,15-16,18,20-21,29H,2,6-7,9-12H2,1,3H3,(H,27,30)/t15?,16?,18-,20-,21?,24?/m1/s1. The van der Waals surface area contributed by atoms with E-state index < -0.39 is 24.1 Å². The average molecular weight is 472 g/mol. The van der Waals surface area contributed by atoms with Gasteiger partial charge in [-0.25, -0.2) is 9.18 Å². The number of alkyl halides is 1. The second-order valence-electron chi connectivity index (χ2n) is 9.50. The van der Waals surface area contributed by atoms with Crippen LogP contribution in [0.3, 0.4) is 0 Å². The minimum absolute atomic E-state index is 0.0790. The van der Waals surface area contributed by atoms with Crippen LogP contribution in [0.1, 0.15) is 49.8 Å². The molecule has 2 heterocycles. The zero-order valence-electron chi connectivity index (χ0n) is 19.5. The zero-order chi connectivity index (χ0) is 24.6. The summed E-state index contributed by atoms with van der Waals surface area (Å²) in [6, 6.07) is 5.48. The highest BCUT2D eigenvalue weighted by Gasteiger charge is 2.45. The second kappa shape index (κ2) is 9.58. The second-order valence-corrected chi connectivity index (χ2v) is 9.50. The van der Waals surface area contributed by atoms with Gasteiger partial charge in [0.1, 0.15) is 11.9 Å². The van der Waals surface area contributed by atoms with E-state index in [2.05, 4.69) is 11.9 Å². The Morgan fingerprint density at radius 1 is 1.38 bits per heavy atom. The Morgan fingerprint density at radius 2 is 2.12 bits per heavy atom. The van der Waals surface area contributed by atoms with Crippen LogP contribution < -0.4 is 10.1 Å². The summed E-state index contributed by atoms with van der Waals surface area (Å²) >= 11 is 0. The molecule has 0 aromatic heterocycles. The highest BCUT2D eigenvalue weighted by atomic mass is 19.2. The number of ether oxygens (including phenoxy) is 3. The third kappa shape index (κ3) is 5.55. The molecule has 2 aliphatic heterocycles. The lowest BCUT2D eigenvalue weighted by atomic mass is 9.78. The molecule has 2 amide bonds. The van der Waals surface area contributed by atoms with Gasteiger partial charge in [0, 0.05) is 36.6 Å². The topological polar surface area (TPSA) is 97.3 Å². The lowest BCUT2D eigenvalue weighted by Gasteiger charge is -2.39. The van der Waals surface area contributed by atoms with E-state index in [-0.39, 0.29) is 37.0 Å². The quantitative estimate of drug-likeness (QED) is 0.565. The molecule has 2 N–H and O–H groups in total. The van der Waals surface area contributed by atoms with E-state index in [9.17, 15) is 19.1 Å². The number of amides is 2. The van der Waals surface area contributed by atoms with E-state index in [4.69, 9.17) is 22.1 Å². The largest absolute Gasteiger partial charge is 0.480 e. The maximum absolute atomic E-state index is 13.4. The predicted molar refractivity (Wildman–Crippen MR) is 122 cm³/mol. The smallest absolute Gasteiger partial charge is 0.414 e. The number of aliphatic hydroxyl groups excluding tert-OH is 1. The third-order valence-corrected chi connectivity index (χ3v) is 6.51. The normalized spacial score (nSPS) is 29.8. The van der Waals surface area contributed by atoms with Crippen molar-refractivity contribution < 1.29 is 33.3 Å². The summed E-state index contributed by atoms with van der Waals surface area (Å²) in [4.78, 5) is 26.3. The number of hydrogen-bond donors (Lipinski definition) is 2. The lowest BCUT2D eigenvalue weighted by Crippen LogP contribution is -2.44. The molecule has 34 heavy (non-hydrogen) atoms. The van der Waals surface area contributed by atoms with Crippen molar-refractivity contribution in [3.63, 3.8) is 0 Å². The number of rotatable bonds is 8. The number of halogens is 1. The SMILES string of the molecule is [B]C(C)(F)OC1CC(C2CN(C(=C)CCNC(=O)[C@H]3C[C@@H](O)c4cc(C)ccc4O3)C(=O)O2)C1. The highest BCUT2D eigenvalue weighted by molar-refractivity contribution is 6.12. The van der Waals surface area contributed by atoms with Gasteiger partial charge in [0.15, 0.2) is 19.7 Å². The summed E-state index contributed by atoms with van der Waals surface area (Å²) in [7, 11) is 5.23. The molecule has 2 radical (unpaired) electrons. The lowest BCUT2D eigenvalue weighted by molar-refractivity contribution is -0.157. The van der Waals surface area contributed by atoms with Crippen molar-refractivity contribution in [2.75, 3.05) is 13.1 Å². The molecule has 4 atom stereocenters. The van der Waals surface area contributed by atoms with Crippen LogP contribution in [0.2, 0.25) is 0 Å². The molecule has 0 spiro atoms. The van der Waals surface area contributed by atoms with Gasteiger partial charge in [0.2, 0.25) is 0 Å². The number of aryl methyl sites for hydroxylation is 1. The van der Waals surface area contributed by atoms with Crippen molar-refractivity contribution >= 4 is 19.8 Å². The van der Waals surface area contributed by atoms with Gasteiger partial charge in [-0.05, 0) is 38.8 Å². The zero-order valence-corrected chi connectivity index (χ0v) is 19.5. The van der Waals surface area contributed by atoms with Gasteiger partial charge in [-0.15, -0.1) is 0 Å². The number of aliphatic hydroxyl groups is 1. The highest BCUT2D eigenvalue weighted by Crippen LogP contribution is 2.39. The fourth-order valence-electron chi connectivity index (χ4n) is 4.63. The first-order chi connectivity index (χ1) is 16.0. The Balaban J connectivity index is 1.20. The number of carbonyl (C=O) groups excluding carboxylic acids is 2. The number of benzene rings is 1. The van der Waals surface area contributed by atoms with Crippen LogP contribution in [-0.4, -0.2) is 67.0 Å². The summed E-state index contributed by atoms with van der Waals surface area (Å²) in [6.07, 6.45) is -0.994. The Labute approximate surface area is 199 Å². The van der Waals surface area contributed by atoms with Crippen LogP contribution in [-0.2, 0) is 14.3 Å². The summed E-state index contributed by atoms with van der Waals surface area (Å²) in [5, 5.41) is 13.2. The van der Waals surface area contributed by atoms with Crippen molar-refractivity contribution in [2.24, 2.45) is 5.92 Å². The molecule has 182 valence electrons. The van der Waals surface area contributed by atoms with Crippen molar-refractivity contribution in [3.05, 3.63) is 41.6 Å². The van der Waals surface area contributed by atoms with Gasteiger partial charge in [-0.1, -0.05) is 18.2 Å². The first-order valence-corrected chi connectivity index (χ1v) is 11.5. The maximum Gasteiger partial charge on any atom is 0.414 e. The van der Waals surface area contributed by atoms with Crippen molar-refractivity contribution in [1.82, 2.24) is 10.2 Å². The number of nitrogens with one attached hydrogen (secondary N) is 1. The molecule has 4 rings (SSSR count). The Bertz CT molecular complexity index is 961. The molecule has 8 nitrogen and oxygen atoms in total. The molecule has 2 unspecified atom stereocenters. The molecular formula is C24H30BFN2O6. The van der Waals surface area contributed by atoms with Crippen molar-refractivity contribution in [3.8, 4) is 5.75 Å². The van der Waals surface area contributed by atoms with Crippen LogP contribution in [0.15, 0.2) is 30.5 Å². The van der Waals surface area contributed by atoms with E-state index in [1.807, 2.05) is 19.1 Å². The van der Waals surface area contributed by atoms with Crippen molar-refractivity contribution in [2.45, 2.75) is 69.7 Å². The average Bonchev–Trinajstić information content (AvgIpc) is 3.11. The number of nitrogens with zero attached hydrogens (tertiary/aromatic N) is 1. The van der Waals surface area contributed by atoms with Crippen LogP contribution in [0, 0.1) is 12.8 Å². The summed E-state index contributed by atoms with van der Waals surface area (Å²) in [5.74, 6) is -1.92. The summed E-state index contributed by atoms with van der Waals surface area (Å²) in [5.41, 5.74) is 2.23. The number of hydrogen-bond acceptors (Lipinski definition) is 6. The number of cyclic esters (lactones) is 1. The van der Waals surface area contributed by atoms with Gasteiger partial charge in [-0.3, -0.25) is 9.69 Å². The van der Waals surface area contributed by atoms with Crippen LogP contribution in [0.5, 0.6) is 5.75 Å². The van der Waals surface area contributed by atoms with Crippen molar-refractivity contribution in [1.29, 1.82) is 0 Å². The van der Waals surface area contributed by atoms with E-state index >= 15 is 0 Å². The predicted octanol–water partition coefficient (Wildman–Crippen LogP) is 2.63. The van der Waals surface area contributed by atoms with E-state index in [1.165, 1.54) is 4.90 Å². The first-order valence-electron chi connectivity index (χ1n) is 11.5. The molecule has 1 saturated carbocycles. The first kappa shape index (κ1) is 24.5. The molecule has 1 aromatic rings. The number of fused-ring (bicyclic) bond motifs is 1. The minimum atomic E-state index is -2.17. The van der Waals surface area contributed by atoms with Crippen LogP contribution >= 0.6 is 0 Å². The fourth-order valence-corrected chi connectivity index (χ4v) is 4.63. The van der Waals surface area contributed by atoms with E-state index in [0.29, 0.717) is 42.8 Å². The fraction of sp³-hybridized carbons (Fsp3) is 0.583. The molecule has 10 heteroatoms. The molecule has 1 saturated heterocycles. The van der Waals surface area contributed by atoms with Gasteiger partial charge in [0.05, 0.1) is 18.8 Å². The minimum Gasteiger partial charge on any atom is -0.480 e. The van der Waals surface area contributed by atoms with Gasteiger partial charge in [-0.2, -0.15) is 0 Å². The molecular weight excluding hydrogens is 442 g/mol. The van der Waals surface area contributed by atoms with Crippen LogP contribution in [0.4, 0.5) is 9.18 Å². The summed E-state index contributed by atoms with van der Waals surface area (Å²) < 4.78 is 29.7. The monoisotopic (exact) mass is 472 g/mol.